The summed E-state index contributed by atoms with van der Waals surface area (Å²) in [5, 5.41) is 0. The SMILES string of the molecule is Cc1ccncc1N1C=CN(C(C)C)[C@H]1C. The van der Waals surface area contributed by atoms with Crippen molar-refractivity contribution in [1.82, 2.24) is 9.88 Å². The van der Waals surface area contributed by atoms with Crippen LogP contribution in [-0.4, -0.2) is 22.1 Å². The molecule has 1 aromatic rings. The topological polar surface area (TPSA) is 19.4 Å². The first-order valence-corrected chi connectivity index (χ1v) is 5.76. The first-order chi connectivity index (χ1) is 7.61. The first kappa shape index (κ1) is 11.0. The van der Waals surface area contributed by atoms with Crippen molar-refractivity contribution in [3.63, 3.8) is 0 Å². The minimum atomic E-state index is 0.364. The fraction of sp³-hybridized carbons (Fsp3) is 0.462. The van der Waals surface area contributed by atoms with Gasteiger partial charge in [0.25, 0.3) is 0 Å². The molecule has 0 fully saturated rings. The van der Waals surface area contributed by atoms with Gasteiger partial charge in [-0.05, 0) is 39.3 Å². The van der Waals surface area contributed by atoms with E-state index < -0.39 is 0 Å². The van der Waals surface area contributed by atoms with Crippen molar-refractivity contribution < 1.29 is 0 Å². The highest BCUT2D eigenvalue weighted by atomic mass is 15.4. The first-order valence-electron chi connectivity index (χ1n) is 5.76. The molecule has 3 nitrogen and oxygen atoms in total. The molecule has 1 atom stereocenters. The van der Waals surface area contributed by atoms with E-state index in [0.717, 1.165) is 0 Å². The van der Waals surface area contributed by atoms with Crippen LogP contribution < -0.4 is 4.90 Å². The fourth-order valence-electron chi connectivity index (χ4n) is 2.15. The van der Waals surface area contributed by atoms with Gasteiger partial charge in [0.15, 0.2) is 0 Å². The molecule has 0 aromatic carbocycles. The van der Waals surface area contributed by atoms with Crippen molar-refractivity contribution in [3.05, 3.63) is 36.4 Å². The maximum Gasteiger partial charge on any atom is 0.103 e. The van der Waals surface area contributed by atoms with Gasteiger partial charge in [0.05, 0.1) is 11.9 Å². The van der Waals surface area contributed by atoms with Gasteiger partial charge in [-0.1, -0.05) is 0 Å². The lowest BCUT2D eigenvalue weighted by molar-refractivity contribution is 0.263. The van der Waals surface area contributed by atoms with E-state index in [0.29, 0.717) is 12.2 Å². The molecule has 0 N–H and O–H groups in total. The van der Waals surface area contributed by atoms with Gasteiger partial charge in [0, 0.05) is 24.6 Å². The molecule has 0 amide bonds. The largest absolute Gasteiger partial charge is 0.353 e. The fourth-order valence-corrected chi connectivity index (χ4v) is 2.15. The molecule has 0 saturated heterocycles. The molecule has 1 aliphatic rings. The molecule has 3 heteroatoms. The summed E-state index contributed by atoms with van der Waals surface area (Å²) in [4.78, 5) is 8.81. The normalized spacial score (nSPS) is 19.9. The molecule has 86 valence electrons. The van der Waals surface area contributed by atoms with Crippen molar-refractivity contribution >= 4 is 5.69 Å². The monoisotopic (exact) mass is 217 g/mol. The minimum absolute atomic E-state index is 0.364. The summed E-state index contributed by atoms with van der Waals surface area (Å²) in [5.74, 6) is 0. The Labute approximate surface area is 97.4 Å². The van der Waals surface area contributed by atoms with Crippen LogP contribution in [0.15, 0.2) is 30.9 Å². The second-order valence-corrected chi connectivity index (χ2v) is 4.54. The van der Waals surface area contributed by atoms with E-state index >= 15 is 0 Å². The third-order valence-electron chi connectivity index (χ3n) is 3.12. The molecule has 2 heterocycles. The zero-order valence-corrected chi connectivity index (χ0v) is 10.4. The van der Waals surface area contributed by atoms with Gasteiger partial charge in [0.1, 0.15) is 6.17 Å². The van der Waals surface area contributed by atoms with Crippen molar-refractivity contribution in [2.45, 2.75) is 39.9 Å². The molecule has 0 unspecified atom stereocenters. The van der Waals surface area contributed by atoms with Crippen LogP contribution in [0.2, 0.25) is 0 Å². The van der Waals surface area contributed by atoms with Crippen molar-refractivity contribution in [1.29, 1.82) is 0 Å². The molecule has 1 aliphatic heterocycles. The Bertz CT molecular complexity index is 398. The predicted octanol–water partition coefficient (Wildman–Crippen LogP) is 2.74. The summed E-state index contributed by atoms with van der Waals surface area (Å²) >= 11 is 0. The van der Waals surface area contributed by atoms with Crippen LogP contribution in [0.4, 0.5) is 5.69 Å². The Hall–Kier alpha value is -1.51. The smallest absolute Gasteiger partial charge is 0.103 e. The van der Waals surface area contributed by atoms with E-state index in [2.05, 4.69) is 54.9 Å². The van der Waals surface area contributed by atoms with Gasteiger partial charge in [-0.25, -0.2) is 0 Å². The number of anilines is 1. The average molecular weight is 217 g/mol. The molecule has 0 spiro atoms. The molecule has 0 bridgehead atoms. The minimum Gasteiger partial charge on any atom is -0.353 e. The summed E-state index contributed by atoms with van der Waals surface area (Å²) in [6.45, 7) is 8.75. The average Bonchev–Trinajstić information content (AvgIpc) is 2.61. The Morgan fingerprint density at radius 2 is 2.06 bits per heavy atom. The van der Waals surface area contributed by atoms with Crippen LogP contribution in [0.5, 0.6) is 0 Å². The van der Waals surface area contributed by atoms with Crippen LogP contribution in [-0.2, 0) is 0 Å². The summed E-state index contributed by atoms with van der Waals surface area (Å²) < 4.78 is 0. The summed E-state index contributed by atoms with van der Waals surface area (Å²) in [6.07, 6.45) is 8.42. The predicted molar refractivity (Wildman–Crippen MR) is 67.0 cm³/mol. The van der Waals surface area contributed by atoms with Gasteiger partial charge in [-0.2, -0.15) is 0 Å². The molecule has 2 rings (SSSR count). The zero-order chi connectivity index (χ0) is 11.7. The van der Waals surface area contributed by atoms with E-state index in [1.165, 1.54) is 11.3 Å². The van der Waals surface area contributed by atoms with Crippen molar-refractivity contribution in [3.8, 4) is 0 Å². The third-order valence-corrected chi connectivity index (χ3v) is 3.12. The van der Waals surface area contributed by atoms with Crippen LogP contribution in [0, 0.1) is 6.92 Å². The van der Waals surface area contributed by atoms with Crippen LogP contribution >= 0.6 is 0 Å². The van der Waals surface area contributed by atoms with E-state index in [1.807, 2.05) is 18.5 Å². The van der Waals surface area contributed by atoms with E-state index in [-0.39, 0.29) is 0 Å². The van der Waals surface area contributed by atoms with E-state index in [4.69, 9.17) is 0 Å². The van der Waals surface area contributed by atoms with Crippen molar-refractivity contribution in [2.75, 3.05) is 4.90 Å². The Balaban J connectivity index is 2.26. The second kappa shape index (κ2) is 4.16. The number of aromatic nitrogens is 1. The Morgan fingerprint density at radius 1 is 1.31 bits per heavy atom. The maximum absolute atomic E-state index is 4.20. The number of hydrogen-bond acceptors (Lipinski definition) is 3. The highest BCUT2D eigenvalue weighted by Gasteiger charge is 2.25. The molecular weight excluding hydrogens is 198 g/mol. The number of rotatable bonds is 2. The van der Waals surface area contributed by atoms with Crippen LogP contribution in [0.1, 0.15) is 26.3 Å². The van der Waals surface area contributed by atoms with Crippen LogP contribution in [0.3, 0.4) is 0 Å². The number of hydrogen-bond donors (Lipinski definition) is 0. The zero-order valence-electron chi connectivity index (χ0n) is 10.4. The summed E-state index contributed by atoms with van der Waals surface area (Å²) in [7, 11) is 0. The van der Waals surface area contributed by atoms with Gasteiger partial charge in [-0.3, -0.25) is 4.98 Å². The van der Waals surface area contributed by atoms with E-state index in [9.17, 15) is 0 Å². The second-order valence-electron chi connectivity index (χ2n) is 4.54. The number of pyridine rings is 1. The molecule has 16 heavy (non-hydrogen) atoms. The molecule has 0 radical (unpaired) electrons. The standard InChI is InChI=1S/C13H19N3/c1-10(2)15-7-8-16(12(15)4)13-9-14-6-5-11(13)3/h5-10,12H,1-4H3/t12-/m1/s1. The molecule has 0 saturated carbocycles. The van der Waals surface area contributed by atoms with Gasteiger partial charge in [-0.15, -0.1) is 0 Å². The lowest BCUT2D eigenvalue weighted by Gasteiger charge is -2.32. The Kier molecular flexibility index (Phi) is 2.86. The van der Waals surface area contributed by atoms with Crippen molar-refractivity contribution in [2.24, 2.45) is 0 Å². The summed E-state index contributed by atoms with van der Waals surface area (Å²) in [6, 6.07) is 2.57. The van der Waals surface area contributed by atoms with Gasteiger partial charge < -0.3 is 9.80 Å². The maximum atomic E-state index is 4.20. The molecule has 0 aliphatic carbocycles. The molecular formula is C13H19N3. The lowest BCUT2D eigenvalue weighted by Crippen LogP contribution is -2.39. The van der Waals surface area contributed by atoms with Crippen LogP contribution in [0.25, 0.3) is 0 Å². The summed E-state index contributed by atoms with van der Waals surface area (Å²) in [5.41, 5.74) is 2.45. The number of nitrogens with zero attached hydrogens (tertiary/aromatic N) is 3. The highest BCUT2D eigenvalue weighted by molar-refractivity contribution is 5.55. The third kappa shape index (κ3) is 1.77. The van der Waals surface area contributed by atoms with E-state index in [1.54, 1.807) is 0 Å². The molecule has 1 aromatic heterocycles. The Morgan fingerprint density at radius 3 is 2.62 bits per heavy atom. The van der Waals surface area contributed by atoms with Gasteiger partial charge in [0.2, 0.25) is 0 Å². The highest BCUT2D eigenvalue weighted by Crippen LogP contribution is 2.27. The lowest BCUT2D eigenvalue weighted by atomic mass is 10.2. The quantitative estimate of drug-likeness (QED) is 0.759. The van der Waals surface area contributed by atoms with Gasteiger partial charge >= 0.3 is 0 Å². The number of aryl methyl sites for hydroxylation is 1.